The van der Waals surface area contributed by atoms with Gasteiger partial charge in [0, 0.05) is 58.5 Å². The fourth-order valence-electron chi connectivity index (χ4n) is 7.36. The summed E-state index contributed by atoms with van der Waals surface area (Å²) in [7, 11) is 0. The largest absolute Gasteiger partial charge is 0.508 e. The average Bonchev–Trinajstić information content (AvgIpc) is 3.49. The van der Waals surface area contributed by atoms with Crippen molar-refractivity contribution >= 4 is 27.5 Å². The summed E-state index contributed by atoms with van der Waals surface area (Å²) in [5, 5.41) is 14.4. The van der Waals surface area contributed by atoms with Crippen LogP contribution >= 0.6 is 0 Å². The smallest absolute Gasteiger partial charge is 0.319 e. The summed E-state index contributed by atoms with van der Waals surface area (Å²) < 4.78 is 68.1. The van der Waals surface area contributed by atoms with Crippen LogP contribution in [0, 0.1) is 11.6 Å². The SMILES string of the molecule is [2H]C1([2H])CC[C@@]2(COc3nc(N4CC5CCC4CN5)c4ccn(-c5cc(O)cc6ccc(F)c(F)c56)c(=O)c4n3)C[C@@H](F)CN12. The maximum absolute atomic E-state index is 15.1. The molecule has 43 heavy (non-hydrogen) atoms. The minimum Gasteiger partial charge on any atom is -0.508 e. The molecule has 0 amide bonds. The molecule has 7 heterocycles. The number of pyridine rings is 1. The van der Waals surface area contributed by atoms with Gasteiger partial charge in [-0.05, 0) is 55.8 Å². The summed E-state index contributed by atoms with van der Waals surface area (Å²) in [6, 6.07) is 6.68. The summed E-state index contributed by atoms with van der Waals surface area (Å²) in [5.41, 5.74) is -1.60. The molecule has 5 saturated heterocycles. The van der Waals surface area contributed by atoms with Crippen LogP contribution in [-0.4, -0.2) is 81.1 Å². The Bertz CT molecular complexity index is 1920. The summed E-state index contributed by atoms with van der Waals surface area (Å²) in [6.07, 6.45) is 2.96. The van der Waals surface area contributed by atoms with Gasteiger partial charge in [-0.2, -0.15) is 9.97 Å². The van der Waals surface area contributed by atoms with Gasteiger partial charge in [0.25, 0.3) is 5.56 Å². The van der Waals surface area contributed by atoms with Gasteiger partial charge in [0.05, 0.1) is 16.6 Å². The van der Waals surface area contributed by atoms with Crippen molar-refractivity contribution in [2.24, 2.45) is 0 Å². The fraction of sp³-hybridized carbons (Fsp3) is 0.452. The molecule has 9 rings (SSSR count). The first-order valence-corrected chi connectivity index (χ1v) is 14.6. The van der Waals surface area contributed by atoms with Crippen LogP contribution in [0.3, 0.4) is 0 Å². The number of aromatic nitrogens is 3. The van der Waals surface area contributed by atoms with E-state index in [2.05, 4.69) is 15.2 Å². The van der Waals surface area contributed by atoms with Gasteiger partial charge in [-0.1, -0.05) is 6.07 Å². The van der Waals surface area contributed by atoms with E-state index >= 15 is 4.39 Å². The number of hydrogen-bond donors (Lipinski definition) is 2. The van der Waals surface area contributed by atoms with Gasteiger partial charge < -0.3 is 20.1 Å². The first-order valence-electron chi connectivity index (χ1n) is 15.6. The van der Waals surface area contributed by atoms with Crippen LogP contribution in [-0.2, 0) is 0 Å². The van der Waals surface area contributed by atoms with E-state index in [9.17, 15) is 18.7 Å². The number of phenols is 1. The van der Waals surface area contributed by atoms with Gasteiger partial charge in [0.1, 0.15) is 29.9 Å². The lowest BCUT2D eigenvalue weighted by atomic mass is 9.93. The Kier molecular flexibility index (Phi) is 5.60. The van der Waals surface area contributed by atoms with Gasteiger partial charge >= 0.3 is 6.01 Å². The Balaban J connectivity index is 1.27. The quantitative estimate of drug-likeness (QED) is 0.360. The molecule has 5 aliphatic heterocycles. The van der Waals surface area contributed by atoms with Crippen molar-refractivity contribution in [2.75, 3.05) is 37.6 Å². The Morgan fingerprint density at radius 2 is 2.07 bits per heavy atom. The van der Waals surface area contributed by atoms with E-state index in [1.54, 1.807) is 6.07 Å². The van der Waals surface area contributed by atoms with Gasteiger partial charge in [0.2, 0.25) is 0 Å². The number of piperidine rings is 2. The van der Waals surface area contributed by atoms with E-state index < -0.39 is 35.4 Å². The lowest BCUT2D eigenvalue weighted by Gasteiger charge is -2.46. The minimum atomic E-state index is -1.66. The van der Waals surface area contributed by atoms with Crippen molar-refractivity contribution in [3.8, 4) is 17.4 Å². The number of benzene rings is 2. The van der Waals surface area contributed by atoms with Crippen molar-refractivity contribution < 1.29 is 25.8 Å². The molecule has 12 heteroatoms. The van der Waals surface area contributed by atoms with E-state index in [4.69, 9.17) is 12.5 Å². The monoisotopic (exact) mass is 594 g/mol. The number of aromatic hydroxyl groups is 1. The van der Waals surface area contributed by atoms with E-state index in [0.29, 0.717) is 24.2 Å². The van der Waals surface area contributed by atoms with Crippen LogP contribution in [0.25, 0.3) is 27.4 Å². The van der Waals surface area contributed by atoms with Crippen molar-refractivity contribution in [2.45, 2.75) is 55.9 Å². The number of fused-ring (bicyclic) bond motifs is 6. The molecule has 0 saturated carbocycles. The second-order valence-corrected chi connectivity index (χ2v) is 12.1. The van der Waals surface area contributed by atoms with E-state index in [1.165, 1.54) is 29.3 Å². The summed E-state index contributed by atoms with van der Waals surface area (Å²) in [4.78, 5) is 27.1. The molecule has 0 aliphatic carbocycles. The lowest BCUT2D eigenvalue weighted by molar-refractivity contribution is 0.107. The lowest BCUT2D eigenvalue weighted by Crippen LogP contribution is -2.61. The standard InChI is InChI=1S/C31H31F3N6O3/c32-18-12-31(7-1-8-38(31)14-18)16-43-30-36-27-22(28(37-30)40-15-19-3-4-20(40)13-35-19)6-9-39(29(27)42)24-11-21(41)10-17-2-5-23(33)26(34)25(17)24/h2,5-6,9-11,18-20,35,41H,1,3-4,7-8,12-16H2/t18-,19?,20?,31+/m1/s1/i8D2. The third-order valence-electron chi connectivity index (χ3n) is 9.49. The van der Waals surface area contributed by atoms with Crippen LogP contribution < -0.4 is 20.5 Å². The number of nitrogens with one attached hydrogen (secondary N) is 1. The number of alkyl halides is 1. The molecular formula is C31H31F3N6O3. The highest BCUT2D eigenvalue weighted by molar-refractivity contribution is 5.94. The molecule has 2 aromatic carbocycles. The Morgan fingerprint density at radius 1 is 1.19 bits per heavy atom. The van der Waals surface area contributed by atoms with Gasteiger partial charge in [-0.25, -0.2) is 13.2 Å². The van der Waals surface area contributed by atoms with Crippen LogP contribution in [0.1, 0.15) is 34.8 Å². The number of phenolic OH excluding ortho intramolecular Hbond substituents is 1. The van der Waals surface area contributed by atoms with Crippen molar-refractivity contribution in [3.63, 3.8) is 0 Å². The molecule has 2 unspecified atom stereocenters. The predicted molar refractivity (Wildman–Crippen MR) is 155 cm³/mol. The number of rotatable bonds is 5. The zero-order valence-electron chi connectivity index (χ0n) is 25.2. The minimum absolute atomic E-state index is 0.0221. The third kappa shape index (κ3) is 4.25. The highest BCUT2D eigenvalue weighted by atomic mass is 19.2. The van der Waals surface area contributed by atoms with E-state index in [0.717, 1.165) is 30.0 Å². The van der Waals surface area contributed by atoms with Gasteiger partial charge in [-0.15, -0.1) is 0 Å². The molecule has 4 aromatic rings. The Hall–Kier alpha value is -3.90. The molecule has 0 spiro atoms. The first-order chi connectivity index (χ1) is 21.5. The first kappa shape index (κ1) is 24.5. The second kappa shape index (κ2) is 9.81. The molecule has 5 fully saturated rings. The van der Waals surface area contributed by atoms with Crippen LogP contribution in [0.4, 0.5) is 19.0 Å². The number of ether oxygens (including phenoxy) is 1. The average molecular weight is 595 g/mol. The van der Waals surface area contributed by atoms with Gasteiger partial charge in [0.15, 0.2) is 11.6 Å². The normalized spacial score (nSPS) is 28.8. The molecule has 2 N–H and O–H groups in total. The second-order valence-electron chi connectivity index (χ2n) is 12.1. The van der Waals surface area contributed by atoms with Crippen molar-refractivity contribution in [3.05, 3.63) is 58.5 Å². The Morgan fingerprint density at radius 3 is 2.86 bits per heavy atom. The molecule has 0 radical (unpaired) electrons. The third-order valence-corrected chi connectivity index (χ3v) is 9.49. The highest BCUT2D eigenvalue weighted by Gasteiger charge is 2.49. The number of anilines is 1. The molecular weight excluding hydrogens is 561 g/mol. The topological polar surface area (TPSA) is 95.8 Å². The molecule has 5 aliphatic rings. The Labute approximate surface area is 247 Å². The zero-order chi connectivity index (χ0) is 31.2. The zero-order valence-corrected chi connectivity index (χ0v) is 23.2. The number of halogens is 3. The molecule has 2 bridgehead atoms. The van der Waals surface area contributed by atoms with Crippen molar-refractivity contribution in [1.82, 2.24) is 24.8 Å². The van der Waals surface area contributed by atoms with E-state index in [-0.39, 0.29) is 71.8 Å². The van der Waals surface area contributed by atoms with Crippen LogP contribution in [0.15, 0.2) is 41.3 Å². The maximum Gasteiger partial charge on any atom is 0.319 e. The predicted octanol–water partition coefficient (Wildman–Crippen LogP) is 3.81. The summed E-state index contributed by atoms with van der Waals surface area (Å²) in [5.74, 6) is -1.98. The summed E-state index contributed by atoms with van der Waals surface area (Å²) in [6.45, 7) is -0.346. The maximum atomic E-state index is 15.1. The van der Waals surface area contributed by atoms with Crippen LogP contribution in [0.5, 0.6) is 11.8 Å². The molecule has 2 aromatic heterocycles. The fourth-order valence-corrected chi connectivity index (χ4v) is 7.36. The molecule has 224 valence electrons. The number of nitrogens with zero attached hydrogens (tertiary/aromatic N) is 5. The molecule has 9 nitrogen and oxygen atoms in total. The van der Waals surface area contributed by atoms with Crippen molar-refractivity contribution in [1.29, 1.82) is 0 Å². The number of piperazine rings is 1. The molecule has 4 atom stereocenters. The number of hydrogen-bond acceptors (Lipinski definition) is 8. The summed E-state index contributed by atoms with van der Waals surface area (Å²) >= 11 is 0. The highest BCUT2D eigenvalue weighted by Crippen LogP contribution is 2.41. The van der Waals surface area contributed by atoms with Crippen LogP contribution in [0.2, 0.25) is 0 Å². The van der Waals surface area contributed by atoms with E-state index in [1.807, 2.05) is 0 Å². The van der Waals surface area contributed by atoms with Gasteiger partial charge in [-0.3, -0.25) is 14.3 Å².